The van der Waals surface area contributed by atoms with Gasteiger partial charge in [0.15, 0.2) is 11.5 Å². The molecular weight excluding hydrogens is 379 g/mol. The minimum atomic E-state index is -4.69. The van der Waals surface area contributed by atoms with Crippen molar-refractivity contribution in [1.29, 1.82) is 0 Å². The summed E-state index contributed by atoms with van der Waals surface area (Å²) in [6.45, 7) is 0.524. The Morgan fingerprint density at radius 3 is 2.67 bits per heavy atom. The molecule has 0 fully saturated rings. The molecule has 150 valence electrons. The van der Waals surface area contributed by atoms with Gasteiger partial charge in [0.2, 0.25) is 0 Å². The molecule has 1 heterocycles. The molecule has 0 radical (unpaired) electrons. The van der Waals surface area contributed by atoms with E-state index in [0.717, 1.165) is 17.7 Å². The number of alkyl halides is 3. The van der Waals surface area contributed by atoms with Crippen LogP contribution in [0, 0.1) is 5.92 Å². The van der Waals surface area contributed by atoms with Crippen molar-refractivity contribution in [3.8, 4) is 11.5 Å². The first-order chi connectivity index (χ1) is 15.4. The van der Waals surface area contributed by atoms with Gasteiger partial charge in [0.1, 0.15) is 0 Å². The molecule has 1 unspecified atom stereocenters. The van der Waals surface area contributed by atoms with Crippen LogP contribution in [-0.4, -0.2) is 26.8 Å². The van der Waals surface area contributed by atoms with E-state index in [-0.39, 0.29) is 36.4 Å². The van der Waals surface area contributed by atoms with Crippen LogP contribution < -0.4 is 14.8 Å². The maximum absolute atomic E-state index is 13.1. The van der Waals surface area contributed by atoms with Gasteiger partial charge in [0.25, 0.3) is 0 Å². The van der Waals surface area contributed by atoms with Crippen LogP contribution in [0.5, 0.6) is 11.5 Å². The number of methoxy groups -OCH3 is 2. The number of hydrogen-bond donors (Lipinski definition) is 1. The maximum atomic E-state index is 13.1. The molecule has 0 aromatic heterocycles. The van der Waals surface area contributed by atoms with E-state index in [0.29, 0.717) is 30.5 Å². The van der Waals surface area contributed by atoms with Crippen molar-refractivity contribution < 1.29 is 33.6 Å². The second-order valence-corrected chi connectivity index (χ2v) is 6.26. The SMILES string of the molecule is Cl.[2H]C([2H])([2H])Oc1cc2c(cc1OC([2H])([2H])[2H])[C@H](CCC1=CC([2H])([2H])C(C(F)(F)F)C=C1)NCC2. The number of allylic oxidation sites excluding steroid dienone is 4. The van der Waals surface area contributed by atoms with Crippen LogP contribution in [0.4, 0.5) is 13.2 Å². The highest BCUT2D eigenvalue weighted by Gasteiger charge is 2.37. The summed E-state index contributed by atoms with van der Waals surface area (Å²) in [4.78, 5) is 0. The lowest BCUT2D eigenvalue weighted by atomic mass is 9.88. The molecule has 7 heteroatoms. The van der Waals surface area contributed by atoms with Gasteiger partial charge in [-0.2, -0.15) is 13.2 Å². The number of hydrogen-bond acceptors (Lipinski definition) is 3. The van der Waals surface area contributed by atoms with Crippen LogP contribution in [0.1, 0.15) is 47.3 Å². The van der Waals surface area contributed by atoms with Gasteiger partial charge in [0, 0.05) is 8.78 Å². The average Bonchev–Trinajstić information content (AvgIpc) is 2.62. The van der Waals surface area contributed by atoms with Crippen molar-refractivity contribution in [3.63, 3.8) is 0 Å². The summed E-state index contributed by atoms with van der Waals surface area (Å²) >= 11 is 0. The fourth-order valence-corrected chi connectivity index (χ4v) is 3.26. The Balaban J connectivity index is 0.00000432. The topological polar surface area (TPSA) is 30.5 Å². The first-order valence-corrected chi connectivity index (χ1v) is 8.19. The third-order valence-corrected chi connectivity index (χ3v) is 4.61. The molecule has 0 saturated heterocycles. The van der Waals surface area contributed by atoms with Gasteiger partial charge in [-0.25, -0.2) is 0 Å². The monoisotopic (exact) mass is 411 g/mol. The molecule has 0 spiro atoms. The predicted molar refractivity (Wildman–Crippen MR) is 102 cm³/mol. The van der Waals surface area contributed by atoms with Gasteiger partial charge in [-0.15, -0.1) is 12.4 Å². The molecule has 2 aliphatic rings. The summed E-state index contributed by atoms with van der Waals surface area (Å²) in [5.41, 5.74) is 1.79. The number of benzene rings is 1. The molecule has 0 bridgehead atoms. The number of rotatable bonds is 5. The molecule has 1 aliphatic carbocycles. The summed E-state index contributed by atoms with van der Waals surface area (Å²) in [5.74, 6) is -2.70. The minimum absolute atomic E-state index is 0. The first kappa shape index (κ1) is 12.7. The summed E-state index contributed by atoms with van der Waals surface area (Å²) in [6, 6.07) is 2.50. The van der Waals surface area contributed by atoms with Gasteiger partial charge in [-0.05, 0) is 55.4 Å². The number of halogens is 4. The zero-order valence-corrected chi connectivity index (χ0v) is 15.0. The van der Waals surface area contributed by atoms with E-state index in [4.69, 9.17) is 20.4 Å². The van der Waals surface area contributed by atoms with E-state index in [1.54, 1.807) is 0 Å². The molecule has 1 aromatic carbocycles. The Labute approximate surface area is 175 Å². The lowest BCUT2D eigenvalue weighted by Crippen LogP contribution is -2.30. The van der Waals surface area contributed by atoms with Crippen molar-refractivity contribution in [2.45, 2.75) is 37.9 Å². The maximum Gasteiger partial charge on any atom is 0.395 e. The zero-order chi connectivity index (χ0) is 25.5. The summed E-state index contributed by atoms with van der Waals surface area (Å²) in [6.07, 6.45) is -3.01. The first-order valence-electron chi connectivity index (χ1n) is 12.2. The van der Waals surface area contributed by atoms with Crippen LogP contribution >= 0.6 is 12.4 Å². The third-order valence-electron chi connectivity index (χ3n) is 4.61. The van der Waals surface area contributed by atoms with Crippen molar-refractivity contribution in [2.24, 2.45) is 5.92 Å². The average molecular weight is 412 g/mol. The third kappa shape index (κ3) is 4.99. The summed E-state index contributed by atoms with van der Waals surface area (Å²) in [5, 5.41) is 3.25. The summed E-state index contributed by atoms with van der Waals surface area (Å²) in [7, 11) is -5.67. The molecule has 0 amide bonds. The Morgan fingerprint density at radius 2 is 2.00 bits per heavy atom. The number of ether oxygens (including phenoxy) is 2. The van der Waals surface area contributed by atoms with Gasteiger partial charge in [0.05, 0.1) is 28.2 Å². The molecule has 2 atom stereocenters. The normalized spacial score (nSPS) is 28.9. The molecule has 1 aliphatic heterocycles. The smallest absolute Gasteiger partial charge is 0.395 e. The highest BCUT2D eigenvalue weighted by molar-refractivity contribution is 5.85. The minimum Gasteiger partial charge on any atom is -0.493 e. The van der Waals surface area contributed by atoms with Gasteiger partial charge >= 0.3 is 6.18 Å². The highest BCUT2D eigenvalue weighted by Crippen LogP contribution is 2.38. The number of fused-ring (bicyclic) bond motifs is 1. The van der Waals surface area contributed by atoms with Crippen LogP contribution in [0.2, 0.25) is 0 Å². The van der Waals surface area contributed by atoms with Crippen LogP contribution in [-0.2, 0) is 6.42 Å². The lowest BCUT2D eigenvalue weighted by molar-refractivity contribution is -0.160. The standard InChI is InChI=1S/C20H24F3NO2.ClH/c1-25-18-11-14-9-10-24-17(16(14)12-19(18)26-2)8-5-13-3-6-15(7-4-13)20(21,22)23;/h3-4,6,11-12,15,17,24H,5,7-10H2,1-2H3;1H/t15?,17-;/m0./s1/i1D3,2D3,7D2;. The predicted octanol–water partition coefficient (Wildman–Crippen LogP) is 5.16. The molecule has 3 nitrogen and oxygen atoms in total. The van der Waals surface area contributed by atoms with Crippen LogP contribution in [0.3, 0.4) is 0 Å². The zero-order valence-electron chi connectivity index (χ0n) is 22.2. The van der Waals surface area contributed by atoms with Crippen molar-refractivity contribution >= 4 is 12.4 Å². The van der Waals surface area contributed by atoms with Crippen molar-refractivity contribution in [3.05, 3.63) is 47.1 Å². The highest BCUT2D eigenvalue weighted by atomic mass is 35.5. The second-order valence-electron chi connectivity index (χ2n) is 6.26. The molecule has 27 heavy (non-hydrogen) atoms. The molecule has 1 N–H and O–H groups in total. The Morgan fingerprint density at radius 1 is 1.26 bits per heavy atom. The van der Waals surface area contributed by atoms with Gasteiger partial charge in [-0.3, -0.25) is 0 Å². The van der Waals surface area contributed by atoms with Crippen molar-refractivity contribution in [1.82, 2.24) is 5.32 Å². The Kier molecular flexibility index (Phi) is 4.25. The van der Waals surface area contributed by atoms with E-state index in [9.17, 15) is 13.2 Å². The molecular formula is C20H25ClF3NO2. The lowest BCUT2D eigenvalue weighted by Gasteiger charge is -2.28. The van der Waals surface area contributed by atoms with E-state index in [2.05, 4.69) is 5.32 Å². The van der Waals surface area contributed by atoms with E-state index in [1.165, 1.54) is 18.2 Å². The van der Waals surface area contributed by atoms with E-state index >= 15 is 0 Å². The van der Waals surface area contributed by atoms with Crippen LogP contribution in [0.15, 0.2) is 35.9 Å². The molecule has 3 rings (SSSR count). The Bertz CT molecular complexity index is 977. The Hall–Kier alpha value is -1.66. The fourth-order valence-electron chi connectivity index (χ4n) is 3.26. The van der Waals surface area contributed by atoms with Crippen molar-refractivity contribution in [2.75, 3.05) is 20.6 Å². The largest absolute Gasteiger partial charge is 0.493 e. The van der Waals surface area contributed by atoms with Gasteiger partial charge < -0.3 is 14.8 Å². The fraction of sp³-hybridized carbons (Fsp3) is 0.500. The quantitative estimate of drug-likeness (QED) is 0.726. The van der Waals surface area contributed by atoms with E-state index < -0.39 is 32.5 Å². The van der Waals surface area contributed by atoms with E-state index in [1.807, 2.05) is 0 Å². The van der Waals surface area contributed by atoms with Gasteiger partial charge in [-0.1, -0.05) is 23.8 Å². The second kappa shape index (κ2) is 9.02. The molecule has 0 saturated carbocycles. The summed E-state index contributed by atoms with van der Waals surface area (Å²) < 4.78 is 109. The van der Waals surface area contributed by atoms with Crippen LogP contribution in [0.25, 0.3) is 0 Å². The molecule has 1 aromatic rings. The number of nitrogens with one attached hydrogen (secondary N) is 1.